The van der Waals surface area contributed by atoms with E-state index in [4.69, 9.17) is 18.3 Å². The number of ether oxygens (including phenoxy) is 2. The molecule has 1 aliphatic rings. The minimum atomic E-state index is -1.89. The minimum Gasteiger partial charge on any atom is -0.514 e. The third-order valence-corrected chi connectivity index (χ3v) is 5.67. The Morgan fingerprint density at radius 3 is 2.04 bits per heavy atom. The van der Waals surface area contributed by atoms with Crippen molar-refractivity contribution in [2.45, 2.75) is 31.6 Å². The summed E-state index contributed by atoms with van der Waals surface area (Å²) in [4.78, 5) is 0. The lowest BCUT2D eigenvalue weighted by molar-refractivity contribution is 0.0515. The van der Waals surface area contributed by atoms with Crippen LogP contribution in [0.2, 0.25) is 6.04 Å². The lowest BCUT2D eigenvalue weighted by Gasteiger charge is -2.20. The average molecular weight is 344 g/mol. The molecule has 0 N–H and O–H groups in total. The lowest BCUT2D eigenvalue weighted by Crippen LogP contribution is -2.31. The minimum absolute atomic E-state index is 0.183. The van der Waals surface area contributed by atoms with Gasteiger partial charge in [-0.1, -0.05) is 36.4 Å². The summed E-state index contributed by atoms with van der Waals surface area (Å²) in [5.74, 6) is 1.73. The summed E-state index contributed by atoms with van der Waals surface area (Å²) in [5.41, 5.74) is 0. The largest absolute Gasteiger partial charge is 0.514 e. The Balaban J connectivity index is 1.53. The third-order valence-electron chi connectivity index (χ3n) is 3.80. The molecule has 2 aromatic carbocycles. The van der Waals surface area contributed by atoms with Crippen LogP contribution in [0.25, 0.3) is 0 Å². The topological polar surface area (TPSA) is 40.2 Å². The molecule has 0 aromatic heterocycles. The Morgan fingerprint density at radius 1 is 1.00 bits per heavy atom. The summed E-state index contributed by atoms with van der Waals surface area (Å²) in [6.07, 6.45) is 1.41. The fourth-order valence-corrected chi connectivity index (χ4v) is 4.28. The fourth-order valence-electron chi connectivity index (χ4n) is 2.33. The number of rotatable bonds is 10. The van der Waals surface area contributed by atoms with E-state index in [1.165, 1.54) is 0 Å². The van der Waals surface area contributed by atoms with Gasteiger partial charge < -0.3 is 18.3 Å². The van der Waals surface area contributed by atoms with Gasteiger partial charge in [-0.05, 0) is 37.6 Å². The summed E-state index contributed by atoms with van der Waals surface area (Å²) in [7, 11) is -1.89. The highest BCUT2D eigenvalue weighted by Gasteiger charge is 2.24. The molecule has 2 atom stereocenters. The van der Waals surface area contributed by atoms with Crippen LogP contribution in [0.15, 0.2) is 60.7 Å². The first kappa shape index (κ1) is 17.0. The van der Waals surface area contributed by atoms with Gasteiger partial charge in [0, 0.05) is 6.04 Å². The maximum Gasteiger partial charge on any atom is 0.444 e. The third kappa shape index (κ3) is 6.00. The van der Waals surface area contributed by atoms with E-state index >= 15 is 0 Å². The van der Waals surface area contributed by atoms with E-state index in [0.29, 0.717) is 12.7 Å². The maximum absolute atomic E-state index is 6.14. The van der Waals surface area contributed by atoms with Crippen molar-refractivity contribution in [2.75, 3.05) is 13.2 Å². The quantitative estimate of drug-likeness (QED) is 0.488. The molecule has 1 saturated heterocycles. The van der Waals surface area contributed by atoms with Crippen molar-refractivity contribution >= 4 is 9.28 Å². The summed E-state index contributed by atoms with van der Waals surface area (Å²) < 4.78 is 23.3. The first-order valence-corrected chi connectivity index (χ1v) is 10.2. The van der Waals surface area contributed by atoms with E-state index < -0.39 is 9.28 Å². The number of para-hydroxylation sites is 2. The Hall–Kier alpha value is -1.82. The zero-order valence-electron chi connectivity index (χ0n) is 14.0. The summed E-state index contributed by atoms with van der Waals surface area (Å²) in [6, 6.07) is 20.6. The Kier molecular flexibility index (Phi) is 6.29. The average Bonchev–Trinajstić information content (AvgIpc) is 3.44. The number of benzene rings is 2. The lowest BCUT2D eigenvalue weighted by atomic mass is 10.3. The van der Waals surface area contributed by atoms with E-state index in [-0.39, 0.29) is 6.10 Å². The van der Waals surface area contributed by atoms with Gasteiger partial charge in [0.15, 0.2) is 0 Å². The molecule has 0 radical (unpaired) electrons. The molecule has 3 rings (SSSR count). The van der Waals surface area contributed by atoms with E-state index in [2.05, 4.69) is 6.92 Å². The van der Waals surface area contributed by atoms with Crippen LogP contribution < -0.4 is 8.85 Å². The zero-order chi connectivity index (χ0) is 16.6. The molecule has 1 aliphatic heterocycles. The smallest absolute Gasteiger partial charge is 0.444 e. The van der Waals surface area contributed by atoms with Crippen molar-refractivity contribution in [2.24, 2.45) is 0 Å². The molecule has 0 spiro atoms. The number of epoxide rings is 1. The van der Waals surface area contributed by atoms with Crippen LogP contribution in [0.3, 0.4) is 0 Å². The van der Waals surface area contributed by atoms with Gasteiger partial charge in [0.2, 0.25) is 0 Å². The zero-order valence-corrected chi connectivity index (χ0v) is 15.1. The SMILES string of the molecule is CC(CC[SiH](Oc1ccccc1)Oc1ccccc1)OCC1CO1. The van der Waals surface area contributed by atoms with Gasteiger partial charge in [0.05, 0.1) is 19.3 Å². The predicted molar refractivity (Wildman–Crippen MR) is 95.9 cm³/mol. The van der Waals surface area contributed by atoms with Gasteiger partial charge in [-0.15, -0.1) is 0 Å². The first-order chi connectivity index (χ1) is 11.8. The Bertz CT molecular complexity index is 547. The summed E-state index contributed by atoms with van der Waals surface area (Å²) in [5, 5.41) is 0. The molecular formula is C19H24O4Si. The highest BCUT2D eigenvalue weighted by atomic mass is 28.3. The van der Waals surface area contributed by atoms with Crippen molar-refractivity contribution in [3.63, 3.8) is 0 Å². The Morgan fingerprint density at radius 2 is 1.54 bits per heavy atom. The molecule has 5 heteroatoms. The normalized spacial score (nSPS) is 17.5. The number of hydrogen-bond donors (Lipinski definition) is 0. The van der Waals surface area contributed by atoms with Crippen LogP contribution >= 0.6 is 0 Å². The van der Waals surface area contributed by atoms with Crippen LogP contribution in [-0.4, -0.2) is 34.7 Å². The van der Waals surface area contributed by atoms with E-state index in [9.17, 15) is 0 Å². The van der Waals surface area contributed by atoms with E-state index in [1.807, 2.05) is 60.7 Å². The molecular weight excluding hydrogens is 320 g/mol. The molecule has 0 amide bonds. The van der Waals surface area contributed by atoms with Gasteiger partial charge >= 0.3 is 9.28 Å². The maximum atomic E-state index is 6.14. The van der Waals surface area contributed by atoms with E-state index in [0.717, 1.165) is 30.6 Å². The second-order valence-electron chi connectivity index (χ2n) is 5.97. The summed E-state index contributed by atoms with van der Waals surface area (Å²) in [6.45, 7) is 3.61. The second-order valence-corrected chi connectivity index (χ2v) is 7.88. The molecule has 2 unspecified atom stereocenters. The molecule has 1 heterocycles. The second kappa shape index (κ2) is 8.87. The van der Waals surface area contributed by atoms with Crippen LogP contribution in [0.1, 0.15) is 13.3 Å². The Labute approximate surface area is 145 Å². The standard InChI is InChI=1S/C19H24O4Si/c1-16(20-14-19-15-21-19)12-13-24(22-17-8-4-2-5-9-17)23-18-10-6-3-7-11-18/h2-11,16,19,24H,12-15H2,1H3. The van der Waals surface area contributed by atoms with Crippen LogP contribution in [0.4, 0.5) is 0 Å². The van der Waals surface area contributed by atoms with Crippen LogP contribution in [-0.2, 0) is 9.47 Å². The molecule has 1 fully saturated rings. The molecule has 0 saturated carbocycles. The predicted octanol–water partition coefficient (Wildman–Crippen LogP) is 3.56. The van der Waals surface area contributed by atoms with Crippen molar-refractivity contribution in [3.05, 3.63) is 60.7 Å². The van der Waals surface area contributed by atoms with Crippen molar-refractivity contribution in [1.82, 2.24) is 0 Å². The highest BCUT2D eigenvalue weighted by molar-refractivity contribution is 6.46. The molecule has 24 heavy (non-hydrogen) atoms. The van der Waals surface area contributed by atoms with Gasteiger partial charge in [-0.2, -0.15) is 0 Å². The van der Waals surface area contributed by atoms with Gasteiger partial charge in [0.25, 0.3) is 0 Å². The number of hydrogen-bond acceptors (Lipinski definition) is 4. The fraction of sp³-hybridized carbons (Fsp3) is 0.368. The van der Waals surface area contributed by atoms with Crippen LogP contribution in [0, 0.1) is 0 Å². The molecule has 2 aromatic rings. The highest BCUT2D eigenvalue weighted by Crippen LogP contribution is 2.18. The molecule has 128 valence electrons. The summed E-state index contributed by atoms with van der Waals surface area (Å²) >= 11 is 0. The van der Waals surface area contributed by atoms with Crippen LogP contribution in [0.5, 0.6) is 11.5 Å². The van der Waals surface area contributed by atoms with Crippen molar-refractivity contribution in [1.29, 1.82) is 0 Å². The monoisotopic (exact) mass is 344 g/mol. The first-order valence-electron chi connectivity index (χ1n) is 8.46. The van der Waals surface area contributed by atoms with Gasteiger partial charge in [-0.3, -0.25) is 0 Å². The van der Waals surface area contributed by atoms with Gasteiger partial charge in [-0.25, -0.2) is 0 Å². The van der Waals surface area contributed by atoms with Gasteiger partial charge in [0.1, 0.15) is 17.6 Å². The molecule has 4 nitrogen and oxygen atoms in total. The van der Waals surface area contributed by atoms with Crippen molar-refractivity contribution < 1.29 is 18.3 Å². The van der Waals surface area contributed by atoms with Crippen molar-refractivity contribution in [3.8, 4) is 11.5 Å². The van der Waals surface area contributed by atoms with E-state index in [1.54, 1.807) is 0 Å². The molecule has 0 bridgehead atoms. The molecule has 0 aliphatic carbocycles.